The van der Waals surface area contributed by atoms with Crippen LogP contribution in [-0.2, 0) is 4.79 Å². The molecule has 1 amide bonds. The Kier molecular flexibility index (Phi) is 5.67. The molecule has 22 heavy (non-hydrogen) atoms. The number of nitrogens with zero attached hydrogens (tertiary/aromatic N) is 3. The van der Waals surface area contributed by atoms with Gasteiger partial charge in [0.2, 0.25) is 5.91 Å². The van der Waals surface area contributed by atoms with Gasteiger partial charge in [-0.3, -0.25) is 14.7 Å². The maximum absolute atomic E-state index is 11.6. The summed E-state index contributed by atoms with van der Waals surface area (Å²) in [5.74, 6) is 1.54. The topological polar surface area (TPSA) is 74.0 Å². The molecule has 2 rings (SSSR count). The fourth-order valence-corrected chi connectivity index (χ4v) is 2.95. The molecule has 0 radical (unpaired) electrons. The molecule has 0 aromatic carbocycles. The van der Waals surface area contributed by atoms with Gasteiger partial charge in [0.05, 0.1) is 5.54 Å². The minimum atomic E-state index is -0.576. The van der Waals surface area contributed by atoms with E-state index in [-0.39, 0.29) is 5.91 Å². The molecule has 6 heteroatoms. The van der Waals surface area contributed by atoms with Crippen LogP contribution in [0.5, 0.6) is 0 Å². The van der Waals surface area contributed by atoms with E-state index in [0.29, 0.717) is 0 Å². The number of carbonyl (C=O) groups excluding carboxylic acids is 1. The molecule has 3 N–H and O–H groups in total. The number of amides is 1. The van der Waals surface area contributed by atoms with Gasteiger partial charge in [-0.2, -0.15) is 0 Å². The van der Waals surface area contributed by atoms with Crippen molar-refractivity contribution in [3.05, 3.63) is 0 Å². The van der Waals surface area contributed by atoms with Gasteiger partial charge in [-0.25, -0.2) is 0 Å². The third kappa shape index (κ3) is 3.91. The molecule has 0 atom stereocenters. The molecule has 6 nitrogen and oxygen atoms in total. The van der Waals surface area contributed by atoms with Gasteiger partial charge in [0.1, 0.15) is 0 Å². The fraction of sp³-hybridized carbons (Fsp3) is 0.875. The molecule has 0 spiro atoms. The highest BCUT2D eigenvalue weighted by molar-refractivity contribution is 5.84. The van der Waals surface area contributed by atoms with E-state index in [0.717, 1.165) is 51.1 Å². The van der Waals surface area contributed by atoms with Gasteiger partial charge >= 0.3 is 0 Å². The fourth-order valence-electron chi connectivity index (χ4n) is 2.95. The van der Waals surface area contributed by atoms with Crippen molar-refractivity contribution >= 4 is 11.9 Å². The number of nitrogens with two attached hydrogens (primary N) is 1. The van der Waals surface area contributed by atoms with Crippen LogP contribution in [0.3, 0.4) is 0 Å². The average Bonchev–Trinajstić information content (AvgIpc) is 2.44. The monoisotopic (exact) mass is 309 g/mol. The van der Waals surface area contributed by atoms with Crippen LogP contribution in [0.15, 0.2) is 4.99 Å². The van der Waals surface area contributed by atoms with Crippen LogP contribution in [0.4, 0.5) is 0 Å². The molecule has 126 valence electrons. The lowest BCUT2D eigenvalue weighted by Crippen LogP contribution is -2.61. The van der Waals surface area contributed by atoms with Crippen molar-refractivity contribution in [1.29, 1.82) is 0 Å². The Morgan fingerprint density at radius 3 is 2.36 bits per heavy atom. The van der Waals surface area contributed by atoms with E-state index in [9.17, 15) is 4.79 Å². The van der Waals surface area contributed by atoms with Crippen molar-refractivity contribution in [1.82, 2.24) is 15.1 Å². The van der Waals surface area contributed by atoms with Crippen molar-refractivity contribution in [2.24, 2.45) is 16.6 Å². The number of aliphatic imine (C=N–C) groups is 1. The predicted molar refractivity (Wildman–Crippen MR) is 89.7 cm³/mol. The number of hydrogen-bond donors (Lipinski definition) is 2. The maximum atomic E-state index is 11.6. The molecule has 0 aromatic rings. The standard InChI is InChI=1S/C16H31N5O/c1-4-18-15(19-12-13-6-5-7-13)20-8-10-21(11-9-20)16(2,3)14(17)22/h13H,4-12H2,1-3H3,(H2,17,22)(H,18,19). The first-order valence-corrected chi connectivity index (χ1v) is 8.53. The Balaban J connectivity index is 1.90. The van der Waals surface area contributed by atoms with Crippen LogP contribution in [0.2, 0.25) is 0 Å². The van der Waals surface area contributed by atoms with Crippen LogP contribution >= 0.6 is 0 Å². The number of rotatable bonds is 5. The van der Waals surface area contributed by atoms with Crippen LogP contribution in [0.1, 0.15) is 40.0 Å². The first-order valence-electron chi connectivity index (χ1n) is 8.53. The smallest absolute Gasteiger partial charge is 0.237 e. The summed E-state index contributed by atoms with van der Waals surface area (Å²) in [6, 6.07) is 0. The predicted octanol–water partition coefficient (Wildman–Crippen LogP) is 0.634. The summed E-state index contributed by atoms with van der Waals surface area (Å²) >= 11 is 0. The molecule has 1 saturated carbocycles. The normalized spacial score (nSPS) is 21.6. The van der Waals surface area contributed by atoms with E-state index in [1.54, 1.807) is 0 Å². The molecular formula is C16H31N5O. The molecule has 1 aliphatic carbocycles. The highest BCUT2D eigenvalue weighted by atomic mass is 16.1. The lowest BCUT2D eigenvalue weighted by Gasteiger charge is -2.43. The molecular weight excluding hydrogens is 278 g/mol. The minimum absolute atomic E-state index is 0.258. The summed E-state index contributed by atoms with van der Waals surface area (Å²) in [6.07, 6.45) is 4.00. The quantitative estimate of drug-likeness (QED) is 0.577. The molecule has 1 heterocycles. The number of nitrogens with one attached hydrogen (secondary N) is 1. The summed E-state index contributed by atoms with van der Waals surface area (Å²) in [7, 11) is 0. The number of piperazine rings is 1. The van der Waals surface area contributed by atoms with Gasteiger partial charge in [0.15, 0.2) is 5.96 Å². The third-order valence-electron chi connectivity index (χ3n) is 5.03. The average molecular weight is 309 g/mol. The third-order valence-corrected chi connectivity index (χ3v) is 5.03. The summed E-state index contributed by atoms with van der Waals surface area (Å²) in [6.45, 7) is 11.2. The van der Waals surface area contributed by atoms with E-state index < -0.39 is 5.54 Å². The number of carbonyl (C=O) groups is 1. The van der Waals surface area contributed by atoms with E-state index in [2.05, 4.69) is 22.0 Å². The summed E-state index contributed by atoms with van der Waals surface area (Å²) in [4.78, 5) is 20.9. The summed E-state index contributed by atoms with van der Waals surface area (Å²) < 4.78 is 0. The van der Waals surface area contributed by atoms with Gasteiger partial charge in [0.25, 0.3) is 0 Å². The number of guanidine groups is 1. The maximum Gasteiger partial charge on any atom is 0.237 e. The molecule has 0 bridgehead atoms. The van der Waals surface area contributed by atoms with Crippen molar-refractivity contribution in [2.45, 2.75) is 45.6 Å². The van der Waals surface area contributed by atoms with Gasteiger partial charge in [-0.1, -0.05) is 6.42 Å². The highest BCUT2D eigenvalue weighted by Gasteiger charge is 2.35. The number of primary amides is 1. The van der Waals surface area contributed by atoms with Gasteiger partial charge in [-0.15, -0.1) is 0 Å². The Bertz CT molecular complexity index is 409. The van der Waals surface area contributed by atoms with Crippen molar-refractivity contribution in [3.63, 3.8) is 0 Å². The Morgan fingerprint density at radius 1 is 1.27 bits per heavy atom. The molecule has 0 unspecified atom stereocenters. The second-order valence-electron chi connectivity index (χ2n) is 6.89. The van der Waals surface area contributed by atoms with E-state index in [4.69, 9.17) is 10.7 Å². The molecule has 1 saturated heterocycles. The number of hydrogen-bond acceptors (Lipinski definition) is 3. The largest absolute Gasteiger partial charge is 0.368 e. The molecule has 1 aliphatic heterocycles. The SMILES string of the molecule is CCNC(=NCC1CCC1)N1CCN(C(C)(C)C(N)=O)CC1. The zero-order valence-corrected chi connectivity index (χ0v) is 14.3. The Morgan fingerprint density at radius 2 is 1.91 bits per heavy atom. The Hall–Kier alpha value is -1.30. The lowest BCUT2D eigenvalue weighted by atomic mass is 9.86. The Labute approximate surface area is 134 Å². The van der Waals surface area contributed by atoms with Crippen LogP contribution in [0, 0.1) is 5.92 Å². The first kappa shape index (κ1) is 17.1. The zero-order valence-electron chi connectivity index (χ0n) is 14.3. The van der Waals surface area contributed by atoms with Crippen LogP contribution in [0.25, 0.3) is 0 Å². The van der Waals surface area contributed by atoms with Gasteiger partial charge < -0.3 is 16.0 Å². The molecule has 2 aliphatic rings. The second-order valence-corrected chi connectivity index (χ2v) is 6.89. The first-order chi connectivity index (χ1) is 10.4. The van der Waals surface area contributed by atoms with Gasteiger partial charge in [-0.05, 0) is 39.5 Å². The van der Waals surface area contributed by atoms with Crippen LogP contribution in [-0.4, -0.2) is 66.5 Å². The van der Waals surface area contributed by atoms with E-state index >= 15 is 0 Å². The second kappa shape index (κ2) is 7.31. The van der Waals surface area contributed by atoms with Crippen LogP contribution < -0.4 is 11.1 Å². The zero-order chi connectivity index (χ0) is 16.2. The van der Waals surface area contributed by atoms with E-state index in [1.165, 1.54) is 19.3 Å². The minimum Gasteiger partial charge on any atom is -0.368 e. The summed E-state index contributed by atoms with van der Waals surface area (Å²) in [5, 5.41) is 3.40. The van der Waals surface area contributed by atoms with Crippen molar-refractivity contribution in [3.8, 4) is 0 Å². The summed E-state index contributed by atoms with van der Waals surface area (Å²) in [5.41, 5.74) is 4.94. The molecule has 0 aromatic heterocycles. The van der Waals surface area contributed by atoms with Gasteiger partial charge in [0, 0.05) is 39.3 Å². The lowest BCUT2D eigenvalue weighted by molar-refractivity contribution is -0.129. The van der Waals surface area contributed by atoms with Crippen molar-refractivity contribution < 1.29 is 4.79 Å². The van der Waals surface area contributed by atoms with E-state index in [1.807, 2.05) is 13.8 Å². The highest BCUT2D eigenvalue weighted by Crippen LogP contribution is 2.26. The van der Waals surface area contributed by atoms with Crippen molar-refractivity contribution in [2.75, 3.05) is 39.3 Å². The molecule has 2 fully saturated rings.